The van der Waals surface area contributed by atoms with E-state index in [-0.39, 0.29) is 18.6 Å². The number of benzene rings is 2. The second-order valence-corrected chi connectivity index (χ2v) is 8.10. The number of nitrogens with one attached hydrogen (secondary N) is 1. The molecule has 0 saturated carbocycles. The number of ether oxygens (including phenoxy) is 1. The molecular weight excluding hydrogens is 398 g/mol. The van der Waals surface area contributed by atoms with Crippen LogP contribution in [0.1, 0.15) is 27.6 Å². The minimum absolute atomic E-state index is 0.144. The highest BCUT2D eigenvalue weighted by Crippen LogP contribution is 2.26. The van der Waals surface area contributed by atoms with Gasteiger partial charge in [0.15, 0.2) is 6.61 Å². The van der Waals surface area contributed by atoms with Crippen molar-refractivity contribution in [2.75, 3.05) is 6.61 Å². The van der Waals surface area contributed by atoms with E-state index >= 15 is 0 Å². The van der Waals surface area contributed by atoms with Gasteiger partial charge >= 0.3 is 5.63 Å². The molecule has 0 aliphatic rings. The van der Waals surface area contributed by atoms with Crippen molar-refractivity contribution in [1.29, 1.82) is 0 Å². The maximum atomic E-state index is 12.6. The number of carbonyl (C=O) groups excluding carboxylic acids is 1. The molecule has 152 valence electrons. The Morgan fingerprint density at radius 1 is 1.10 bits per heavy atom. The van der Waals surface area contributed by atoms with Crippen LogP contribution < -0.4 is 15.7 Å². The summed E-state index contributed by atoms with van der Waals surface area (Å²) in [5.41, 5.74) is 3.04. The van der Waals surface area contributed by atoms with E-state index in [1.165, 1.54) is 6.07 Å². The molecule has 30 heavy (non-hydrogen) atoms. The molecule has 0 fully saturated rings. The molecule has 0 aliphatic heterocycles. The first-order valence-corrected chi connectivity index (χ1v) is 10.4. The van der Waals surface area contributed by atoms with Crippen molar-refractivity contribution in [2.24, 2.45) is 0 Å². The van der Waals surface area contributed by atoms with Gasteiger partial charge in [-0.3, -0.25) is 4.79 Å². The van der Waals surface area contributed by atoms with E-state index in [1.807, 2.05) is 61.7 Å². The molecule has 0 saturated heterocycles. The third-order valence-electron chi connectivity index (χ3n) is 4.84. The third kappa shape index (κ3) is 4.44. The topological polar surface area (TPSA) is 68.5 Å². The van der Waals surface area contributed by atoms with Crippen molar-refractivity contribution < 1.29 is 13.9 Å². The number of hydrogen-bond donors (Lipinski definition) is 1. The Morgan fingerprint density at radius 3 is 2.63 bits per heavy atom. The van der Waals surface area contributed by atoms with Gasteiger partial charge in [-0.1, -0.05) is 35.9 Å². The van der Waals surface area contributed by atoms with Gasteiger partial charge in [0, 0.05) is 22.4 Å². The monoisotopic (exact) mass is 419 g/mol. The van der Waals surface area contributed by atoms with Crippen LogP contribution in [0.3, 0.4) is 0 Å². The first kappa shape index (κ1) is 19.9. The van der Waals surface area contributed by atoms with E-state index < -0.39 is 5.63 Å². The minimum Gasteiger partial charge on any atom is -0.484 e. The Morgan fingerprint density at radius 2 is 1.90 bits per heavy atom. The molecule has 2 aromatic heterocycles. The first-order valence-electron chi connectivity index (χ1n) is 9.56. The Bertz CT molecular complexity index is 1230. The van der Waals surface area contributed by atoms with Gasteiger partial charge < -0.3 is 14.5 Å². The third-order valence-corrected chi connectivity index (χ3v) is 5.77. The largest absolute Gasteiger partial charge is 0.484 e. The summed E-state index contributed by atoms with van der Waals surface area (Å²) < 4.78 is 10.9. The normalized spacial score (nSPS) is 11.9. The maximum Gasteiger partial charge on any atom is 0.336 e. The van der Waals surface area contributed by atoms with Crippen molar-refractivity contribution in [1.82, 2.24) is 5.32 Å². The average molecular weight is 420 g/mol. The highest BCUT2D eigenvalue weighted by molar-refractivity contribution is 7.10. The lowest BCUT2D eigenvalue weighted by Crippen LogP contribution is -2.32. The van der Waals surface area contributed by atoms with E-state index in [4.69, 9.17) is 9.15 Å². The SMILES string of the molecule is Cc1ccc([C@@H](NC(=O)COc2ccc3c(C)cc(=O)oc3c2)c2cccs2)cc1. The number of thiophene rings is 1. The molecule has 6 heteroatoms. The molecule has 1 N–H and O–H groups in total. The number of rotatable bonds is 6. The Labute approximate surface area is 177 Å². The Balaban J connectivity index is 1.48. The number of fused-ring (bicyclic) bond motifs is 1. The second-order valence-electron chi connectivity index (χ2n) is 7.12. The summed E-state index contributed by atoms with van der Waals surface area (Å²) in [5, 5.41) is 5.88. The summed E-state index contributed by atoms with van der Waals surface area (Å²) in [6.07, 6.45) is 0. The van der Waals surface area contributed by atoms with Gasteiger partial charge in [-0.15, -0.1) is 11.3 Å². The van der Waals surface area contributed by atoms with Crippen LogP contribution in [-0.2, 0) is 4.79 Å². The molecule has 1 atom stereocenters. The van der Waals surface area contributed by atoms with Crippen LogP contribution in [0, 0.1) is 13.8 Å². The van der Waals surface area contributed by atoms with Crippen molar-refractivity contribution in [3.05, 3.63) is 98.0 Å². The van der Waals surface area contributed by atoms with E-state index in [0.717, 1.165) is 27.0 Å². The summed E-state index contributed by atoms with van der Waals surface area (Å²) in [7, 11) is 0. The molecule has 0 spiro atoms. The van der Waals surface area contributed by atoms with Gasteiger partial charge in [0.2, 0.25) is 0 Å². The number of aryl methyl sites for hydroxylation is 2. The van der Waals surface area contributed by atoms with Gasteiger partial charge in [-0.05, 0) is 48.6 Å². The van der Waals surface area contributed by atoms with E-state index in [0.29, 0.717) is 11.3 Å². The van der Waals surface area contributed by atoms with Crippen LogP contribution in [0.4, 0.5) is 0 Å². The van der Waals surface area contributed by atoms with Gasteiger partial charge in [-0.25, -0.2) is 4.79 Å². The van der Waals surface area contributed by atoms with Gasteiger partial charge in [0.05, 0.1) is 6.04 Å². The van der Waals surface area contributed by atoms with Gasteiger partial charge in [0.25, 0.3) is 5.91 Å². The quantitative estimate of drug-likeness (QED) is 0.458. The number of amides is 1. The fourth-order valence-electron chi connectivity index (χ4n) is 3.28. The summed E-state index contributed by atoms with van der Waals surface area (Å²) in [6.45, 7) is 3.74. The van der Waals surface area contributed by atoms with Crippen molar-refractivity contribution in [2.45, 2.75) is 19.9 Å². The van der Waals surface area contributed by atoms with Crippen LogP contribution in [-0.4, -0.2) is 12.5 Å². The molecule has 2 heterocycles. The number of carbonyl (C=O) groups is 1. The predicted molar refractivity (Wildman–Crippen MR) is 118 cm³/mol. The Kier molecular flexibility index (Phi) is 5.68. The molecule has 0 unspecified atom stereocenters. The smallest absolute Gasteiger partial charge is 0.336 e. The van der Waals surface area contributed by atoms with Crippen LogP contribution in [0.2, 0.25) is 0 Å². The lowest BCUT2D eigenvalue weighted by Gasteiger charge is -2.18. The summed E-state index contributed by atoms with van der Waals surface area (Å²) in [5.74, 6) is 0.231. The zero-order chi connectivity index (χ0) is 21.1. The van der Waals surface area contributed by atoms with Gasteiger partial charge in [0.1, 0.15) is 11.3 Å². The second kappa shape index (κ2) is 8.55. The van der Waals surface area contributed by atoms with Crippen molar-refractivity contribution in [3.63, 3.8) is 0 Å². The maximum absolute atomic E-state index is 12.6. The summed E-state index contributed by atoms with van der Waals surface area (Å²) in [4.78, 5) is 25.3. The van der Waals surface area contributed by atoms with E-state index in [1.54, 1.807) is 23.5 Å². The molecular formula is C24H21NO4S. The van der Waals surface area contributed by atoms with E-state index in [2.05, 4.69) is 5.32 Å². The average Bonchev–Trinajstić information content (AvgIpc) is 3.25. The highest BCUT2D eigenvalue weighted by atomic mass is 32.1. The minimum atomic E-state index is -0.410. The van der Waals surface area contributed by atoms with Crippen LogP contribution in [0.5, 0.6) is 5.75 Å². The molecule has 0 aliphatic carbocycles. The molecule has 1 amide bonds. The zero-order valence-electron chi connectivity index (χ0n) is 16.7. The number of hydrogen-bond acceptors (Lipinski definition) is 5. The van der Waals surface area contributed by atoms with Crippen LogP contribution in [0.15, 0.2) is 75.3 Å². The predicted octanol–water partition coefficient (Wildman–Crippen LogP) is 4.76. The van der Waals surface area contributed by atoms with Gasteiger partial charge in [-0.2, -0.15) is 0 Å². The summed E-state index contributed by atoms with van der Waals surface area (Å²) in [6, 6.07) is 18.5. The zero-order valence-corrected chi connectivity index (χ0v) is 17.5. The summed E-state index contributed by atoms with van der Waals surface area (Å²) >= 11 is 1.59. The van der Waals surface area contributed by atoms with E-state index in [9.17, 15) is 9.59 Å². The molecule has 4 rings (SSSR count). The standard InChI is InChI=1S/C24H21NO4S/c1-15-5-7-17(8-6-15)24(21-4-3-11-30-21)25-22(26)14-28-18-9-10-19-16(2)12-23(27)29-20(19)13-18/h3-13,24H,14H2,1-2H3,(H,25,26)/t24-/m1/s1. The molecule has 4 aromatic rings. The molecule has 0 radical (unpaired) electrons. The molecule has 2 aromatic carbocycles. The van der Waals surface area contributed by atoms with Crippen LogP contribution >= 0.6 is 11.3 Å². The Hall–Kier alpha value is -3.38. The van der Waals surface area contributed by atoms with Crippen LogP contribution in [0.25, 0.3) is 11.0 Å². The lowest BCUT2D eigenvalue weighted by atomic mass is 10.0. The molecule has 5 nitrogen and oxygen atoms in total. The molecule has 0 bridgehead atoms. The fraction of sp³-hybridized carbons (Fsp3) is 0.167. The van der Waals surface area contributed by atoms with Crippen molar-refractivity contribution in [3.8, 4) is 5.75 Å². The fourth-order valence-corrected chi connectivity index (χ4v) is 4.08. The first-order chi connectivity index (χ1) is 14.5. The van der Waals surface area contributed by atoms with Crippen molar-refractivity contribution >= 4 is 28.2 Å². The lowest BCUT2D eigenvalue weighted by molar-refractivity contribution is -0.123. The highest BCUT2D eigenvalue weighted by Gasteiger charge is 2.18.